The Morgan fingerprint density at radius 3 is 3.00 bits per heavy atom. The molecule has 1 radical (unpaired) electrons. The van der Waals surface area contributed by atoms with Crippen molar-refractivity contribution in [3.8, 4) is 5.75 Å². The summed E-state index contributed by atoms with van der Waals surface area (Å²) in [5.41, 5.74) is -0.304. The van der Waals surface area contributed by atoms with Crippen LogP contribution in [0.2, 0.25) is 5.02 Å². The molecule has 1 N–H and O–H groups in total. The maximum absolute atomic E-state index is 11.2. The van der Waals surface area contributed by atoms with Crippen LogP contribution >= 0.6 is 11.6 Å². The normalized spacial score (nSPS) is 34.3. The van der Waals surface area contributed by atoms with E-state index in [2.05, 4.69) is 11.6 Å². The molecular formula is C14H15ClNO2. The van der Waals surface area contributed by atoms with Crippen molar-refractivity contribution in [2.75, 3.05) is 0 Å². The molecule has 0 amide bonds. The third-order valence-corrected chi connectivity index (χ3v) is 4.24. The van der Waals surface area contributed by atoms with Crippen molar-refractivity contribution in [1.82, 2.24) is 5.32 Å². The number of rotatable bonds is 3. The highest BCUT2D eigenvalue weighted by molar-refractivity contribution is 6.32. The van der Waals surface area contributed by atoms with Crippen molar-refractivity contribution in [3.05, 3.63) is 29.3 Å². The quantitative estimate of drug-likeness (QED) is 0.912. The van der Waals surface area contributed by atoms with Crippen LogP contribution in [0, 0.1) is 5.41 Å². The summed E-state index contributed by atoms with van der Waals surface area (Å²) in [5, 5.41) is 4.02. The van der Waals surface area contributed by atoms with Gasteiger partial charge in [-0.3, -0.25) is 10.1 Å². The van der Waals surface area contributed by atoms with Gasteiger partial charge in [0.15, 0.2) is 6.23 Å². The summed E-state index contributed by atoms with van der Waals surface area (Å²) in [7, 11) is 0. The molecule has 0 spiro atoms. The Bertz CT molecular complexity index is 465. The first-order valence-corrected chi connectivity index (χ1v) is 6.65. The van der Waals surface area contributed by atoms with E-state index in [0.29, 0.717) is 23.2 Å². The van der Waals surface area contributed by atoms with Crippen LogP contribution in [-0.2, 0) is 4.79 Å². The summed E-state index contributed by atoms with van der Waals surface area (Å²) in [6, 6.07) is 7.77. The van der Waals surface area contributed by atoms with Crippen molar-refractivity contribution < 1.29 is 9.53 Å². The molecule has 0 aromatic heterocycles. The maximum Gasteiger partial charge on any atom is 0.205 e. The first-order valence-electron chi connectivity index (χ1n) is 6.27. The van der Waals surface area contributed by atoms with Gasteiger partial charge in [0.1, 0.15) is 5.75 Å². The molecule has 1 saturated carbocycles. The molecular weight excluding hydrogens is 250 g/mol. The Morgan fingerprint density at radius 1 is 1.39 bits per heavy atom. The van der Waals surface area contributed by atoms with E-state index in [1.165, 1.54) is 0 Å². The monoisotopic (exact) mass is 264 g/mol. The van der Waals surface area contributed by atoms with Crippen LogP contribution in [0.3, 0.4) is 0 Å². The average Bonchev–Trinajstić information content (AvgIpc) is 2.69. The molecule has 2 aliphatic rings. The van der Waals surface area contributed by atoms with Crippen LogP contribution in [0.4, 0.5) is 0 Å². The van der Waals surface area contributed by atoms with Gasteiger partial charge in [-0.1, -0.05) is 23.7 Å². The van der Waals surface area contributed by atoms with E-state index in [0.717, 1.165) is 19.3 Å². The highest BCUT2D eigenvalue weighted by atomic mass is 35.5. The van der Waals surface area contributed by atoms with Crippen molar-refractivity contribution in [3.63, 3.8) is 0 Å². The number of fused-ring (bicyclic) bond motifs is 2. The van der Waals surface area contributed by atoms with Gasteiger partial charge in [0, 0.05) is 17.9 Å². The lowest BCUT2D eigenvalue weighted by Gasteiger charge is -2.34. The fraction of sp³-hybridized carbons (Fsp3) is 0.500. The van der Waals surface area contributed by atoms with Crippen molar-refractivity contribution in [2.24, 2.45) is 5.41 Å². The predicted molar refractivity (Wildman–Crippen MR) is 69.4 cm³/mol. The number of hydrogen-bond acceptors (Lipinski definition) is 3. The molecule has 95 valence electrons. The second-order valence-corrected chi connectivity index (χ2v) is 5.64. The van der Waals surface area contributed by atoms with E-state index in [9.17, 15) is 4.79 Å². The lowest BCUT2D eigenvalue weighted by Crippen LogP contribution is -2.48. The van der Waals surface area contributed by atoms with Crippen LogP contribution in [0.5, 0.6) is 5.75 Å². The smallest absolute Gasteiger partial charge is 0.205 e. The molecule has 3 nitrogen and oxygen atoms in total. The minimum Gasteiger partial charge on any atom is -0.474 e. The molecule has 1 heterocycles. The predicted octanol–water partition coefficient (Wildman–Crippen LogP) is 2.69. The largest absolute Gasteiger partial charge is 0.474 e. The summed E-state index contributed by atoms with van der Waals surface area (Å²) >= 11 is 6.07. The zero-order valence-corrected chi connectivity index (χ0v) is 10.7. The average molecular weight is 265 g/mol. The lowest BCUT2D eigenvalue weighted by atomic mass is 9.81. The van der Waals surface area contributed by atoms with Crippen LogP contribution in [0.1, 0.15) is 25.7 Å². The van der Waals surface area contributed by atoms with E-state index < -0.39 is 0 Å². The molecule has 18 heavy (non-hydrogen) atoms. The van der Waals surface area contributed by atoms with Gasteiger partial charge in [-0.2, -0.15) is 0 Å². The first kappa shape index (κ1) is 12.0. The molecule has 3 unspecified atom stereocenters. The molecule has 3 rings (SSSR count). The minimum absolute atomic E-state index is 0.146. The number of ether oxygens (including phenoxy) is 1. The number of carbonyl (C=O) groups excluding carboxylic acids is 1. The molecule has 1 saturated heterocycles. The minimum atomic E-state index is -0.304. The zero-order valence-electron chi connectivity index (χ0n) is 9.99. The summed E-state index contributed by atoms with van der Waals surface area (Å²) < 4.78 is 5.87. The molecule has 4 heteroatoms. The van der Waals surface area contributed by atoms with Crippen LogP contribution in [0.15, 0.2) is 24.3 Å². The van der Waals surface area contributed by atoms with Crippen LogP contribution in [0.25, 0.3) is 0 Å². The molecule has 2 bridgehead atoms. The fourth-order valence-electron chi connectivity index (χ4n) is 3.03. The molecule has 1 aliphatic heterocycles. The standard InChI is InChI=1S/C14H15ClNO2/c15-11-3-1-2-4-12(11)18-13-8-14(9-17)6-5-10(7-14)16-13/h1-4,10,13,16H,5-8H2. The lowest BCUT2D eigenvalue weighted by molar-refractivity contribution is 0.0840. The van der Waals surface area contributed by atoms with Crippen molar-refractivity contribution >= 4 is 17.9 Å². The van der Waals surface area contributed by atoms with Gasteiger partial charge < -0.3 is 4.74 Å². The van der Waals surface area contributed by atoms with Crippen LogP contribution in [-0.4, -0.2) is 18.6 Å². The Hall–Kier alpha value is -1.06. The van der Waals surface area contributed by atoms with Crippen LogP contribution < -0.4 is 10.1 Å². The number of piperidine rings is 1. The van der Waals surface area contributed by atoms with Gasteiger partial charge in [0.2, 0.25) is 6.29 Å². The summed E-state index contributed by atoms with van der Waals surface area (Å²) in [5.74, 6) is 0.666. The topological polar surface area (TPSA) is 38.3 Å². The molecule has 1 aromatic carbocycles. The number of nitrogens with one attached hydrogen (secondary N) is 1. The molecule has 2 fully saturated rings. The van der Waals surface area contributed by atoms with E-state index in [1.807, 2.05) is 18.2 Å². The number of para-hydroxylation sites is 1. The number of hydrogen-bond donors (Lipinski definition) is 1. The maximum atomic E-state index is 11.2. The highest BCUT2D eigenvalue weighted by Gasteiger charge is 2.47. The summed E-state index contributed by atoms with van der Waals surface area (Å²) in [4.78, 5) is 11.2. The number of benzene rings is 1. The Labute approximate surface area is 111 Å². The second kappa shape index (κ2) is 4.56. The van der Waals surface area contributed by atoms with Gasteiger partial charge in [0.25, 0.3) is 0 Å². The zero-order chi connectivity index (χ0) is 12.6. The van der Waals surface area contributed by atoms with E-state index in [4.69, 9.17) is 16.3 Å². The molecule has 1 aliphatic carbocycles. The van der Waals surface area contributed by atoms with E-state index >= 15 is 0 Å². The van der Waals surface area contributed by atoms with Gasteiger partial charge in [-0.15, -0.1) is 0 Å². The first-order chi connectivity index (χ1) is 8.71. The fourth-order valence-corrected chi connectivity index (χ4v) is 3.21. The van der Waals surface area contributed by atoms with E-state index in [1.54, 1.807) is 6.07 Å². The van der Waals surface area contributed by atoms with Crippen molar-refractivity contribution in [2.45, 2.75) is 38.0 Å². The third-order valence-electron chi connectivity index (χ3n) is 3.93. The van der Waals surface area contributed by atoms with Gasteiger partial charge in [0.05, 0.1) is 5.02 Å². The third kappa shape index (κ3) is 2.13. The Balaban J connectivity index is 1.75. The van der Waals surface area contributed by atoms with E-state index in [-0.39, 0.29) is 11.6 Å². The Kier molecular flexibility index (Phi) is 3.04. The second-order valence-electron chi connectivity index (χ2n) is 5.23. The summed E-state index contributed by atoms with van der Waals surface area (Å²) in [6.45, 7) is 0. The summed E-state index contributed by atoms with van der Waals surface area (Å²) in [6.07, 6.45) is 5.60. The van der Waals surface area contributed by atoms with Gasteiger partial charge >= 0.3 is 0 Å². The van der Waals surface area contributed by atoms with Gasteiger partial charge in [-0.05, 0) is 31.4 Å². The molecule has 3 atom stereocenters. The molecule has 1 aromatic rings. The number of halogens is 1. The Morgan fingerprint density at radius 2 is 2.22 bits per heavy atom. The van der Waals surface area contributed by atoms with Gasteiger partial charge in [-0.25, -0.2) is 0 Å². The SMILES string of the molecule is O=[C]C12CCC(C1)NC(Oc1ccccc1Cl)C2. The van der Waals surface area contributed by atoms with Crippen molar-refractivity contribution in [1.29, 1.82) is 0 Å². The highest BCUT2D eigenvalue weighted by Crippen LogP contribution is 2.44.